The number of hydrogen-bond donors (Lipinski definition) is 2. The standard InChI is InChI=1S/C13H16N4O3S/c1-17(2)9(10-4-3-7-21-10)8-14-12(18)13(19)15-11-5-6-20-16-11/h3-7,9H,8H2,1-2H3,(H,14,18)(H,15,16,19)/t9-/m0/s1. The number of hydrogen-bond acceptors (Lipinski definition) is 6. The van der Waals surface area contributed by atoms with Crippen molar-refractivity contribution in [2.45, 2.75) is 6.04 Å². The predicted octanol–water partition coefficient (Wildman–Crippen LogP) is 1.09. The molecule has 0 unspecified atom stereocenters. The molecule has 0 saturated carbocycles. The first-order valence-electron chi connectivity index (χ1n) is 6.27. The van der Waals surface area contributed by atoms with Crippen LogP contribution in [0.5, 0.6) is 0 Å². The van der Waals surface area contributed by atoms with Crippen LogP contribution in [0.1, 0.15) is 10.9 Å². The summed E-state index contributed by atoms with van der Waals surface area (Å²) in [5.74, 6) is -1.27. The molecule has 7 nitrogen and oxygen atoms in total. The average molecular weight is 308 g/mol. The molecule has 0 aliphatic rings. The zero-order valence-electron chi connectivity index (χ0n) is 11.7. The Morgan fingerprint density at radius 1 is 1.38 bits per heavy atom. The molecule has 2 rings (SSSR count). The summed E-state index contributed by atoms with van der Waals surface area (Å²) in [6.45, 7) is 0.346. The Morgan fingerprint density at radius 2 is 2.19 bits per heavy atom. The van der Waals surface area contributed by atoms with E-state index in [4.69, 9.17) is 0 Å². The van der Waals surface area contributed by atoms with Crippen LogP contribution in [0.15, 0.2) is 34.4 Å². The third kappa shape index (κ3) is 4.14. The number of nitrogens with zero attached hydrogens (tertiary/aromatic N) is 2. The van der Waals surface area contributed by atoms with E-state index < -0.39 is 11.8 Å². The van der Waals surface area contributed by atoms with E-state index >= 15 is 0 Å². The first-order valence-corrected chi connectivity index (χ1v) is 7.15. The van der Waals surface area contributed by atoms with Crippen LogP contribution in [-0.2, 0) is 9.59 Å². The smallest absolute Gasteiger partial charge is 0.314 e. The quantitative estimate of drug-likeness (QED) is 0.808. The number of thiophene rings is 1. The second kappa shape index (κ2) is 7.00. The molecule has 0 fully saturated rings. The van der Waals surface area contributed by atoms with Gasteiger partial charge in [-0.05, 0) is 25.5 Å². The highest BCUT2D eigenvalue weighted by molar-refractivity contribution is 7.10. The Labute approximate surface area is 125 Å². The van der Waals surface area contributed by atoms with Gasteiger partial charge in [0.25, 0.3) is 0 Å². The summed E-state index contributed by atoms with van der Waals surface area (Å²) < 4.78 is 4.57. The van der Waals surface area contributed by atoms with Crippen LogP contribution in [0.4, 0.5) is 5.82 Å². The van der Waals surface area contributed by atoms with Crippen molar-refractivity contribution in [3.05, 3.63) is 34.7 Å². The van der Waals surface area contributed by atoms with Gasteiger partial charge in [-0.15, -0.1) is 11.3 Å². The fraction of sp³-hybridized carbons (Fsp3) is 0.308. The first kappa shape index (κ1) is 15.2. The summed E-state index contributed by atoms with van der Waals surface area (Å²) in [5, 5.41) is 10.4. The molecule has 0 radical (unpaired) electrons. The van der Waals surface area contributed by atoms with E-state index in [1.54, 1.807) is 11.3 Å². The molecular formula is C13H16N4O3S. The van der Waals surface area contributed by atoms with Crippen molar-refractivity contribution in [2.24, 2.45) is 0 Å². The molecule has 0 aromatic carbocycles. The van der Waals surface area contributed by atoms with E-state index in [0.29, 0.717) is 6.54 Å². The lowest BCUT2D eigenvalue weighted by Gasteiger charge is -2.23. The lowest BCUT2D eigenvalue weighted by Crippen LogP contribution is -2.40. The van der Waals surface area contributed by atoms with Crippen molar-refractivity contribution < 1.29 is 14.1 Å². The van der Waals surface area contributed by atoms with Gasteiger partial charge in [-0.3, -0.25) is 14.9 Å². The average Bonchev–Trinajstić information content (AvgIpc) is 3.11. The lowest BCUT2D eigenvalue weighted by molar-refractivity contribution is -0.136. The number of nitrogens with one attached hydrogen (secondary N) is 2. The SMILES string of the molecule is CN(C)[C@@H](CNC(=O)C(=O)Nc1ccon1)c1cccs1. The molecule has 0 aliphatic heterocycles. The van der Waals surface area contributed by atoms with Crippen molar-refractivity contribution in [3.63, 3.8) is 0 Å². The fourth-order valence-corrected chi connectivity index (χ4v) is 2.66. The Hall–Kier alpha value is -2.19. The van der Waals surface area contributed by atoms with Crippen LogP contribution in [0.25, 0.3) is 0 Å². The Kier molecular flexibility index (Phi) is 5.07. The summed E-state index contributed by atoms with van der Waals surface area (Å²) in [6, 6.07) is 5.43. The lowest BCUT2D eigenvalue weighted by atomic mass is 10.2. The van der Waals surface area contributed by atoms with Gasteiger partial charge in [-0.1, -0.05) is 11.2 Å². The van der Waals surface area contributed by atoms with E-state index in [-0.39, 0.29) is 11.9 Å². The van der Waals surface area contributed by atoms with E-state index in [2.05, 4.69) is 20.3 Å². The number of amides is 2. The van der Waals surface area contributed by atoms with Crippen LogP contribution in [0.3, 0.4) is 0 Å². The van der Waals surface area contributed by atoms with Crippen molar-refractivity contribution in [1.82, 2.24) is 15.4 Å². The van der Waals surface area contributed by atoms with Crippen LogP contribution in [0.2, 0.25) is 0 Å². The van der Waals surface area contributed by atoms with Gasteiger partial charge in [0.1, 0.15) is 6.26 Å². The maximum atomic E-state index is 11.8. The summed E-state index contributed by atoms with van der Waals surface area (Å²) >= 11 is 1.61. The largest absolute Gasteiger partial charge is 0.363 e. The van der Waals surface area contributed by atoms with Gasteiger partial charge in [0, 0.05) is 17.5 Å². The molecule has 2 heterocycles. The molecule has 0 spiro atoms. The summed E-state index contributed by atoms with van der Waals surface area (Å²) in [4.78, 5) is 26.5. The maximum Gasteiger partial charge on any atom is 0.314 e. The van der Waals surface area contributed by atoms with Gasteiger partial charge < -0.3 is 14.7 Å². The Balaban J connectivity index is 1.88. The van der Waals surface area contributed by atoms with Crippen LogP contribution in [-0.4, -0.2) is 42.5 Å². The van der Waals surface area contributed by atoms with Crippen LogP contribution in [0, 0.1) is 0 Å². The molecule has 2 N–H and O–H groups in total. The molecule has 0 saturated heterocycles. The molecule has 1 atom stereocenters. The second-order valence-corrected chi connectivity index (χ2v) is 5.52. The molecular weight excluding hydrogens is 292 g/mol. The maximum absolute atomic E-state index is 11.8. The van der Waals surface area contributed by atoms with Gasteiger partial charge in [0.05, 0.1) is 6.04 Å². The van der Waals surface area contributed by atoms with Gasteiger partial charge in [0.15, 0.2) is 5.82 Å². The predicted molar refractivity (Wildman–Crippen MR) is 78.9 cm³/mol. The van der Waals surface area contributed by atoms with Gasteiger partial charge in [-0.2, -0.15) is 0 Å². The third-order valence-corrected chi connectivity index (χ3v) is 3.81. The molecule has 2 aromatic rings. The topological polar surface area (TPSA) is 87.5 Å². The number of anilines is 1. The monoisotopic (exact) mass is 308 g/mol. The highest BCUT2D eigenvalue weighted by Crippen LogP contribution is 2.22. The first-order chi connectivity index (χ1) is 10.1. The molecule has 0 bridgehead atoms. The summed E-state index contributed by atoms with van der Waals surface area (Å²) in [5.41, 5.74) is 0. The van der Waals surface area contributed by atoms with Crippen molar-refractivity contribution in [3.8, 4) is 0 Å². The molecule has 2 aromatic heterocycles. The Bertz CT molecular complexity index is 581. The van der Waals surface area contributed by atoms with Gasteiger partial charge >= 0.3 is 11.8 Å². The van der Waals surface area contributed by atoms with Crippen molar-refractivity contribution in [1.29, 1.82) is 0 Å². The van der Waals surface area contributed by atoms with Crippen molar-refractivity contribution >= 4 is 29.0 Å². The minimum Gasteiger partial charge on any atom is -0.363 e. The molecule has 0 aliphatic carbocycles. The minimum absolute atomic E-state index is 0.0220. The number of carbonyl (C=O) groups is 2. The fourth-order valence-electron chi connectivity index (χ4n) is 1.74. The van der Waals surface area contributed by atoms with E-state index in [1.165, 1.54) is 12.3 Å². The van der Waals surface area contributed by atoms with E-state index in [9.17, 15) is 9.59 Å². The molecule has 21 heavy (non-hydrogen) atoms. The number of carbonyl (C=O) groups excluding carboxylic acids is 2. The normalized spacial score (nSPS) is 12.1. The van der Waals surface area contributed by atoms with Crippen molar-refractivity contribution in [2.75, 3.05) is 26.0 Å². The van der Waals surface area contributed by atoms with Gasteiger partial charge in [-0.25, -0.2) is 0 Å². The summed E-state index contributed by atoms with van der Waals surface area (Å²) in [6.07, 6.45) is 1.31. The highest BCUT2D eigenvalue weighted by Gasteiger charge is 2.19. The number of rotatable bonds is 5. The third-order valence-electron chi connectivity index (χ3n) is 2.84. The number of aromatic nitrogens is 1. The molecule has 8 heteroatoms. The molecule has 2 amide bonds. The van der Waals surface area contributed by atoms with E-state index in [1.807, 2.05) is 36.5 Å². The van der Waals surface area contributed by atoms with Crippen LogP contribution < -0.4 is 10.6 Å². The van der Waals surface area contributed by atoms with Crippen LogP contribution >= 0.6 is 11.3 Å². The Morgan fingerprint density at radius 3 is 2.76 bits per heavy atom. The minimum atomic E-state index is -0.771. The highest BCUT2D eigenvalue weighted by atomic mass is 32.1. The number of likely N-dealkylation sites (N-methyl/N-ethyl adjacent to an activating group) is 1. The zero-order valence-corrected chi connectivity index (χ0v) is 12.5. The second-order valence-electron chi connectivity index (χ2n) is 4.54. The van der Waals surface area contributed by atoms with E-state index in [0.717, 1.165) is 4.88 Å². The van der Waals surface area contributed by atoms with Gasteiger partial charge in [0.2, 0.25) is 0 Å². The summed E-state index contributed by atoms with van der Waals surface area (Å²) in [7, 11) is 3.85. The zero-order chi connectivity index (χ0) is 15.2. The molecule has 112 valence electrons.